The Balaban J connectivity index is 0.000000487. The summed E-state index contributed by atoms with van der Waals surface area (Å²) in [6.07, 6.45) is -4.23. The smallest absolute Gasteiger partial charge is 0.166 e. The highest BCUT2D eigenvalue weighted by Gasteiger charge is 2.32. The van der Waals surface area contributed by atoms with Crippen LogP contribution in [0.5, 0.6) is 0 Å². The maximum atomic E-state index is 12.2. The predicted octanol–water partition coefficient (Wildman–Crippen LogP) is 4.98. The van der Waals surface area contributed by atoms with E-state index in [9.17, 15) is 13.2 Å². The molecule has 0 unspecified atom stereocenters. The normalized spacial score (nSPS) is 11.1. The van der Waals surface area contributed by atoms with E-state index in [4.69, 9.17) is 0 Å². The van der Waals surface area contributed by atoms with Gasteiger partial charge in [0.15, 0.2) is 0 Å². The van der Waals surface area contributed by atoms with Crippen molar-refractivity contribution in [3.8, 4) is 0 Å². The molecular weight excluding hydrogens is 213 g/mol. The van der Waals surface area contributed by atoms with Crippen molar-refractivity contribution in [2.24, 2.45) is 5.92 Å². The summed E-state index contributed by atoms with van der Waals surface area (Å²) >= 11 is 0. The van der Waals surface area contributed by atoms with Crippen LogP contribution in [0.4, 0.5) is 13.2 Å². The molecule has 1 aromatic carbocycles. The zero-order valence-electron chi connectivity index (χ0n) is 10.4. The fourth-order valence-corrected chi connectivity index (χ4v) is 1.06. The molecule has 0 bridgehead atoms. The second kappa shape index (κ2) is 5.92. The third-order valence-electron chi connectivity index (χ3n) is 1.91. The summed E-state index contributed by atoms with van der Waals surface area (Å²) in [6, 6.07) is 4.19. The second-order valence-corrected chi connectivity index (χ2v) is 4.48. The van der Waals surface area contributed by atoms with E-state index in [1.807, 2.05) is 0 Å². The SMILES string of the molecule is CC(C)C.Cc1cccc(C(F)(F)F)c1C. The molecule has 0 saturated heterocycles. The van der Waals surface area contributed by atoms with Gasteiger partial charge in [0, 0.05) is 0 Å². The van der Waals surface area contributed by atoms with Crippen molar-refractivity contribution in [1.29, 1.82) is 0 Å². The first kappa shape index (κ1) is 15.0. The molecule has 0 N–H and O–H groups in total. The van der Waals surface area contributed by atoms with Gasteiger partial charge in [-0.15, -0.1) is 0 Å². The fraction of sp³-hybridized carbons (Fsp3) is 0.538. The van der Waals surface area contributed by atoms with Gasteiger partial charge in [0.25, 0.3) is 0 Å². The van der Waals surface area contributed by atoms with Gasteiger partial charge in [0.1, 0.15) is 0 Å². The van der Waals surface area contributed by atoms with Crippen molar-refractivity contribution >= 4 is 0 Å². The lowest BCUT2D eigenvalue weighted by atomic mass is 10.0. The summed E-state index contributed by atoms with van der Waals surface area (Å²) in [4.78, 5) is 0. The number of hydrogen-bond acceptors (Lipinski definition) is 0. The Labute approximate surface area is 95.5 Å². The summed E-state index contributed by atoms with van der Waals surface area (Å²) in [5.74, 6) is 0.833. The molecule has 0 aliphatic heterocycles. The quantitative estimate of drug-likeness (QED) is 0.591. The van der Waals surface area contributed by atoms with Crippen LogP contribution in [0.15, 0.2) is 18.2 Å². The molecule has 0 radical (unpaired) electrons. The van der Waals surface area contributed by atoms with E-state index in [-0.39, 0.29) is 0 Å². The van der Waals surface area contributed by atoms with Crippen LogP contribution in [0.2, 0.25) is 0 Å². The van der Waals surface area contributed by atoms with Gasteiger partial charge in [0.05, 0.1) is 5.56 Å². The predicted molar refractivity (Wildman–Crippen MR) is 61.4 cm³/mol. The minimum atomic E-state index is -4.23. The number of alkyl halides is 3. The topological polar surface area (TPSA) is 0 Å². The van der Waals surface area contributed by atoms with E-state index in [0.29, 0.717) is 11.1 Å². The van der Waals surface area contributed by atoms with Gasteiger partial charge < -0.3 is 0 Å². The average Bonchev–Trinajstić information content (AvgIpc) is 2.06. The van der Waals surface area contributed by atoms with Crippen LogP contribution in [-0.4, -0.2) is 0 Å². The molecule has 0 aliphatic rings. The molecule has 0 fully saturated rings. The molecule has 92 valence electrons. The Morgan fingerprint density at radius 3 is 1.75 bits per heavy atom. The summed E-state index contributed by atoms with van der Waals surface area (Å²) < 4.78 is 36.7. The Kier molecular flexibility index (Phi) is 5.56. The average molecular weight is 232 g/mol. The second-order valence-electron chi connectivity index (χ2n) is 4.48. The summed E-state index contributed by atoms with van der Waals surface area (Å²) in [5.41, 5.74) is 0.442. The van der Waals surface area contributed by atoms with E-state index in [2.05, 4.69) is 20.8 Å². The maximum Gasteiger partial charge on any atom is 0.416 e. The molecular formula is C13H19F3. The van der Waals surface area contributed by atoms with Crippen molar-refractivity contribution in [1.82, 2.24) is 0 Å². The van der Waals surface area contributed by atoms with E-state index in [1.54, 1.807) is 13.0 Å². The number of rotatable bonds is 0. The Morgan fingerprint density at radius 1 is 1.00 bits per heavy atom. The third-order valence-corrected chi connectivity index (χ3v) is 1.91. The third kappa shape index (κ3) is 5.19. The largest absolute Gasteiger partial charge is 0.416 e. The van der Waals surface area contributed by atoms with Gasteiger partial charge in [0.2, 0.25) is 0 Å². The summed E-state index contributed by atoms with van der Waals surface area (Å²) in [5, 5.41) is 0. The monoisotopic (exact) mass is 232 g/mol. The molecule has 3 heteroatoms. The van der Waals surface area contributed by atoms with Crippen LogP contribution in [0.1, 0.15) is 37.5 Å². The molecule has 16 heavy (non-hydrogen) atoms. The molecule has 1 aromatic rings. The zero-order valence-corrected chi connectivity index (χ0v) is 10.4. The van der Waals surface area contributed by atoms with Crippen molar-refractivity contribution in [3.05, 3.63) is 34.9 Å². The molecule has 0 amide bonds. The van der Waals surface area contributed by atoms with Gasteiger partial charge in [-0.2, -0.15) is 13.2 Å². The first-order valence-corrected chi connectivity index (χ1v) is 5.29. The molecule has 0 spiro atoms. The van der Waals surface area contributed by atoms with Gasteiger partial charge in [-0.25, -0.2) is 0 Å². The zero-order chi connectivity index (χ0) is 12.9. The molecule has 0 aromatic heterocycles. The van der Waals surface area contributed by atoms with Gasteiger partial charge in [-0.05, 0) is 37.0 Å². The number of hydrogen-bond donors (Lipinski definition) is 0. The lowest BCUT2D eigenvalue weighted by molar-refractivity contribution is -0.138. The van der Waals surface area contributed by atoms with E-state index >= 15 is 0 Å². The molecule has 1 rings (SSSR count). The van der Waals surface area contributed by atoms with Gasteiger partial charge in [-0.3, -0.25) is 0 Å². The first-order valence-electron chi connectivity index (χ1n) is 5.29. The lowest BCUT2D eigenvalue weighted by Gasteiger charge is -2.11. The number of benzene rings is 1. The summed E-state index contributed by atoms with van der Waals surface area (Å²) in [7, 11) is 0. The van der Waals surface area contributed by atoms with E-state index in [0.717, 1.165) is 12.0 Å². The maximum absolute atomic E-state index is 12.2. The molecule has 0 atom stereocenters. The van der Waals surface area contributed by atoms with Crippen LogP contribution in [0, 0.1) is 19.8 Å². The van der Waals surface area contributed by atoms with E-state index in [1.165, 1.54) is 13.0 Å². The van der Waals surface area contributed by atoms with Crippen molar-refractivity contribution in [2.75, 3.05) is 0 Å². The Hall–Kier alpha value is -0.990. The van der Waals surface area contributed by atoms with E-state index < -0.39 is 11.7 Å². The van der Waals surface area contributed by atoms with Crippen molar-refractivity contribution < 1.29 is 13.2 Å². The molecule has 0 saturated carbocycles. The minimum absolute atomic E-state index is 0.310. The van der Waals surface area contributed by atoms with Crippen LogP contribution < -0.4 is 0 Å². The van der Waals surface area contributed by atoms with Crippen molar-refractivity contribution in [3.63, 3.8) is 0 Å². The number of aryl methyl sites for hydroxylation is 1. The fourth-order valence-electron chi connectivity index (χ4n) is 1.06. The van der Waals surface area contributed by atoms with Crippen molar-refractivity contribution in [2.45, 2.75) is 40.8 Å². The lowest BCUT2D eigenvalue weighted by Crippen LogP contribution is -2.07. The standard InChI is InChI=1S/C9H9F3.C4H10/c1-6-4-3-5-8(7(6)2)9(10,11)12;1-4(2)3/h3-5H,1-2H3;4H,1-3H3. The van der Waals surface area contributed by atoms with Gasteiger partial charge >= 0.3 is 6.18 Å². The van der Waals surface area contributed by atoms with Crippen LogP contribution >= 0.6 is 0 Å². The minimum Gasteiger partial charge on any atom is -0.166 e. The number of halogens is 3. The van der Waals surface area contributed by atoms with Gasteiger partial charge in [-0.1, -0.05) is 32.9 Å². The van der Waals surface area contributed by atoms with Crippen LogP contribution in [-0.2, 0) is 6.18 Å². The highest BCUT2D eigenvalue weighted by molar-refractivity contribution is 5.34. The molecule has 0 heterocycles. The Morgan fingerprint density at radius 2 is 1.44 bits per heavy atom. The van der Waals surface area contributed by atoms with Crippen LogP contribution in [0.25, 0.3) is 0 Å². The highest BCUT2D eigenvalue weighted by Crippen LogP contribution is 2.32. The molecule has 0 aliphatic carbocycles. The van der Waals surface area contributed by atoms with Crippen LogP contribution in [0.3, 0.4) is 0 Å². The highest BCUT2D eigenvalue weighted by atomic mass is 19.4. The Bertz CT molecular complexity index is 322. The summed E-state index contributed by atoms with van der Waals surface area (Å²) in [6.45, 7) is 9.66. The first-order chi connectivity index (χ1) is 7.16. The molecule has 0 nitrogen and oxygen atoms in total.